The summed E-state index contributed by atoms with van der Waals surface area (Å²) in [6, 6.07) is 46.1. The van der Waals surface area contributed by atoms with E-state index in [1.165, 1.54) is 59.2 Å². The minimum absolute atomic E-state index is 0.0776. The van der Waals surface area contributed by atoms with Crippen LogP contribution >= 0.6 is 11.3 Å². The van der Waals surface area contributed by atoms with Crippen LogP contribution in [-0.2, 0) is 0 Å². The predicted molar refractivity (Wildman–Crippen MR) is 194 cm³/mol. The average molecular weight is 619 g/mol. The van der Waals surface area contributed by atoms with Crippen molar-refractivity contribution in [3.8, 4) is 28.3 Å². The van der Waals surface area contributed by atoms with Gasteiger partial charge in [0.05, 0.1) is 12.1 Å². The van der Waals surface area contributed by atoms with Crippen molar-refractivity contribution in [2.45, 2.75) is 12.0 Å². The number of thiophene rings is 1. The molecular formula is C42H26N4S. The van der Waals surface area contributed by atoms with Crippen LogP contribution in [-0.4, -0.2) is 15.4 Å². The van der Waals surface area contributed by atoms with Crippen molar-refractivity contribution in [2.24, 2.45) is 0 Å². The first-order valence-electron chi connectivity index (χ1n) is 15.8. The van der Waals surface area contributed by atoms with E-state index in [1.54, 1.807) is 11.3 Å². The van der Waals surface area contributed by atoms with Crippen molar-refractivity contribution in [3.05, 3.63) is 157 Å². The Morgan fingerprint density at radius 2 is 1.45 bits per heavy atom. The summed E-state index contributed by atoms with van der Waals surface area (Å²) < 4.78 is 3.50. The fourth-order valence-corrected chi connectivity index (χ4v) is 8.59. The lowest BCUT2D eigenvalue weighted by Crippen LogP contribution is -2.29. The zero-order valence-corrected chi connectivity index (χ0v) is 26.0. The number of anilines is 2. The van der Waals surface area contributed by atoms with Crippen LogP contribution in [0, 0.1) is 11.3 Å². The van der Waals surface area contributed by atoms with E-state index in [0.29, 0.717) is 5.57 Å². The van der Waals surface area contributed by atoms with E-state index in [0.717, 1.165) is 16.9 Å². The number of pyridine rings is 1. The highest BCUT2D eigenvalue weighted by Gasteiger charge is 2.38. The van der Waals surface area contributed by atoms with Gasteiger partial charge in [0.2, 0.25) is 0 Å². The molecule has 0 saturated heterocycles. The second-order valence-electron chi connectivity index (χ2n) is 12.4. The molecule has 0 spiro atoms. The van der Waals surface area contributed by atoms with Gasteiger partial charge in [-0.05, 0) is 99.3 Å². The molecule has 0 saturated carbocycles. The van der Waals surface area contributed by atoms with Crippen molar-refractivity contribution < 1.29 is 0 Å². The zero-order valence-electron chi connectivity index (χ0n) is 25.2. The van der Waals surface area contributed by atoms with E-state index < -0.39 is 0 Å². The summed E-state index contributed by atoms with van der Waals surface area (Å²) in [6.07, 6.45) is 8.48. The fourth-order valence-electron chi connectivity index (χ4n) is 7.46. The van der Waals surface area contributed by atoms with Crippen molar-refractivity contribution in [1.29, 1.82) is 5.26 Å². The van der Waals surface area contributed by atoms with Gasteiger partial charge in [-0.15, -0.1) is 11.3 Å². The van der Waals surface area contributed by atoms with E-state index >= 15 is 0 Å². The second-order valence-corrected chi connectivity index (χ2v) is 13.4. The molecule has 5 heteroatoms. The number of rotatable bonds is 3. The topological polar surface area (TPSA) is 44.3 Å². The Labute approximate surface area is 275 Å². The Morgan fingerprint density at radius 3 is 2.28 bits per heavy atom. The molecule has 2 unspecified atom stereocenters. The second kappa shape index (κ2) is 10.0. The molecular weight excluding hydrogens is 593 g/mol. The molecule has 220 valence electrons. The quantitative estimate of drug-likeness (QED) is 0.198. The number of hydrogen-bond donors (Lipinski definition) is 0. The number of nitrogens with zero attached hydrogens (tertiary/aromatic N) is 4. The summed E-state index contributed by atoms with van der Waals surface area (Å²) in [6.45, 7) is 0. The highest BCUT2D eigenvalue weighted by atomic mass is 32.1. The number of hydrogen-bond acceptors (Lipinski definition) is 4. The number of allylic oxidation sites excluding steroid dienone is 2. The SMILES string of the molecule is N#CC1=CC2C(C=C1)c1ccc(-c3ccc4cc(-c5ccc6nc7c8ccccc8sc7n6c5)ccc4c3)cc1N2c1ccccc1. The third-order valence-corrected chi connectivity index (χ3v) is 10.9. The standard InChI is InChI=1S/C42H26N4S/c43-24-26-10-17-34-35-18-15-31(23-38(35)46(37(34)20-26)33-6-2-1-3-7-33)29-12-11-28-22-30(14-13-27(28)21-29)32-16-19-40-44-41-36-8-4-5-9-39(36)47-42(41)45(40)25-32/h1-23,25,34,37H. The van der Waals surface area contributed by atoms with Gasteiger partial charge in [0.1, 0.15) is 16.0 Å². The van der Waals surface area contributed by atoms with Crippen LogP contribution in [0.25, 0.3) is 59.1 Å². The smallest absolute Gasteiger partial charge is 0.138 e. The van der Waals surface area contributed by atoms with E-state index in [4.69, 9.17) is 4.98 Å². The Hall–Kier alpha value is -5.96. The third-order valence-electron chi connectivity index (χ3n) is 9.74. The number of para-hydroxylation sites is 1. The minimum atomic E-state index is 0.0776. The maximum atomic E-state index is 9.65. The van der Waals surface area contributed by atoms with Crippen LogP contribution in [0.15, 0.2) is 151 Å². The molecule has 47 heavy (non-hydrogen) atoms. The van der Waals surface area contributed by atoms with Gasteiger partial charge in [0, 0.05) is 39.1 Å². The number of nitriles is 1. The van der Waals surface area contributed by atoms with Crippen LogP contribution in [0.4, 0.5) is 11.4 Å². The molecule has 4 nitrogen and oxygen atoms in total. The lowest BCUT2D eigenvalue weighted by Gasteiger charge is -2.29. The Kier molecular flexibility index (Phi) is 5.60. The normalized spacial score (nSPS) is 16.9. The first-order valence-corrected chi connectivity index (χ1v) is 16.7. The molecule has 10 rings (SSSR count). The number of imidazole rings is 1. The number of fused-ring (bicyclic) bond motifs is 9. The molecule has 1 aliphatic carbocycles. The predicted octanol–water partition coefficient (Wildman–Crippen LogP) is 10.8. The lowest BCUT2D eigenvalue weighted by molar-refractivity contribution is 0.741. The van der Waals surface area contributed by atoms with Crippen LogP contribution in [0.3, 0.4) is 0 Å². The molecule has 2 aliphatic rings. The molecule has 0 N–H and O–H groups in total. The minimum Gasteiger partial charge on any atom is -0.333 e. The van der Waals surface area contributed by atoms with Crippen LogP contribution in [0.1, 0.15) is 11.5 Å². The average Bonchev–Trinajstić information content (AvgIpc) is 3.78. The summed E-state index contributed by atoms with van der Waals surface area (Å²) in [7, 11) is 0. The summed E-state index contributed by atoms with van der Waals surface area (Å²) in [5.41, 5.74) is 11.1. The van der Waals surface area contributed by atoms with Crippen molar-refractivity contribution in [3.63, 3.8) is 0 Å². The monoisotopic (exact) mass is 618 g/mol. The molecule has 0 amide bonds. The molecule has 0 fully saturated rings. The summed E-state index contributed by atoms with van der Waals surface area (Å²) in [5.74, 6) is 0.211. The lowest BCUT2D eigenvalue weighted by atomic mass is 9.88. The molecule has 0 radical (unpaired) electrons. The summed E-state index contributed by atoms with van der Waals surface area (Å²) >= 11 is 1.80. The van der Waals surface area contributed by atoms with Crippen LogP contribution in [0.5, 0.6) is 0 Å². The van der Waals surface area contributed by atoms with Gasteiger partial charge in [-0.25, -0.2) is 4.98 Å². The van der Waals surface area contributed by atoms with E-state index in [2.05, 4.69) is 149 Å². The molecule has 1 aliphatic heterocycles. The Morgan fingerprint density at radius 1 is 0.723 bits per heavy atom. The van der Waals surface area contributed by atoms with Crippen molar-refractivity contribution >= 4 is 59.6 Å². The Balaban J connectivity index is 1.03. The van der Waals surface area contributed by atoms with Crippen molar-refractivity contribution in [2.75, 3.05) is 4.90 Å². The van der Waals surface area contributed by atoms with Gasteiger partial charge >= 0.3 is 0 Å². The highest BCUT2D eigenvalue weighted by Crippen LogP contribution is 2.49. The highest BCUT2D eigenvalue weighted by molar-refractivity contribution is 7.25. The van der Waals surface area contributed by atoms with Crippen LogP contribution in [0.2, 0.25) is 0 Å². The zero-order chi connectivity index (χ0) is 31.1. The fraction of sp³-hybridized carbons (Fsp3) is 0.0476. The number of aromatic nitrogens is 2. The van der Waals surface area contributed by atoms with Gasteiger partial charge in [0.25, 0.3) is 0 Å². The van der Waals surface area contributed by atoms with Gasteiger partial charge < -0.3 is 4.90 Å². The van der Waals surface area contributed by atoms with Gasteiger partial charge in [0.15, 0.2) is 0 Å². The molecule has 4 heterocycles. The van der Waals surface area contributed by atoms with Gasteiger partial charge in [-0.3, -0.25) is 4.40 Å². The van der Waals surface area contributed by atoms with E-state index in [9.17, 15) is 5.26 Å². The first-order chi connectivity index (χ1) is 23.2. The van der Waals surface area contributed by atoms with Gasteiger partial charge in [-0.1, -0.05) is 78.9 Å². The summed E-state index contributed by atoms with van der Waals surface area (Å²) in [4.78, 5) is 8.53. The third kappa shape index (κ3) is 4.02. The Bertz CT molecular complexity index is 2670. The van der Waals surface area contributed by atoms with Crippen LogP contribution < -0.4 is 4.90 Å². The molecule has 2 atom stereocenters. The molecule has 0 bridgehead atoms. The number of benzene rings is 5. The van der Waals surface area contributed by atoms with E-state index in [1.807, 2.05) is 12.1 Å². The summed E-state index contributed by atoms with van der Waals surface area (Å²) in [5, 5.41) is 13.3. The maximum absolute atomic E-state index is 9.65. The van der Waals surface area contributed by atoms with Gasteiger partial charge in [-0.2, -0.15) is 5.26 Å². The molecule has 3 aromatic heterocycles. The van der Waals surface area contributed by atoms with E-state index in [-0.39, 0.29) is 12.0 Å². The maximum Gasteiger partial charge on any atom is 0.138 e. The largest absolute Gasteiger partial charge is 0.333 e. The molecule has 8 aromatic rings. The van der Waals surface area contributed by atoms with Crippen molar-refractivity contribution in [1.82, 2.24) is 9.38 Å². The first kappa shape index (κ1) is 26.3. The molecule has 5 aromatic carbocycles.